The van der Waals surface area contributed by atoms with Gasteiger partial charge in [0.05, 0.1) is 26.4 Å². The Kier molecular flexibility index (Phi) is 6.67. The Hall–Kier alpha value is -2.00. The maximum Gasteiger partial charge on any atom is 0.338 e. The first kappa shape index (κ1) is 21.2. The molecule has 3 aliphatic rings. The predicted octanol–water partition coefficient (Wildman–Crippen LogP) is 2.73. The third kappa shape index (κ3) is 4.23. The van der Waals surface area contributed by atoms with Gasteiger partial charge in [-0.3, -0.25) is 9.63 Å². The van der Waals surface area contributed by atoms with Gasteiger partial charge in [-0.15, -0.1) is 0 Å². The van der Waals surface area contributed by atoms with Gasteiger partial charge in [-0.1, -0.05) is 48.4 Å². The zero-order valence-electron chi connectivity index (χ0n) is 17.4. The number of rotatable bonds is 5. The third-order valence-corrected chi connectivity index (χ3v) is 6.31. The average molecular weight is 419 g/mol. The standard InChI is InChI=1S/C22H29NO7/c1-26-21(24)19-16-12-13-18(29-23(16)30-20(19)22(25)27-2)28-17-11-7-6-10-15(17)14-8-4-3-5-9-14/h3-5,8-9,15-20H,6-7,10-13H2,1-2H3/t15-,16+,17+,18-,19+,20-/m1/s1. The van der Waals surface area contributed by atoms with Crippen LogP contribution in [0.5, 0.6) is 0 Å². The van der Waals surface area contributed by atoms with Crippen LogP contribution in [-0.2, 0) is 33.5 Å². The fourth-order valence-corrected chi connectivity index (χ4v) is 4.80. The molecule has 3 fully saturated rings. The molecule has 0 aromatic heterocycles. The first-order valence-electron chi connectivity index (χ1n) is 10.6. The second kappa shape index (κ2) is 9.43. The highest BCUT2D eigenvalue weighted by molar-refractivity contribution is 5.84. The quantitative estimate of drug-likeness (QED) is 0.674. The molecule has 1 aromatic carbocycles. The molecule has 8 heteroatoms. The van der Waals surface area contributed by atoms with Crippen molar-refractivity contribution in [2.75, 3.05) is 14.2 Å². The Balaban J connectivity index is 1.43. The summed E-state index contributed by atoms with van der Waals surface area (Å²) in [5.41, 5.74) is 1.28. The number of carbonyl (C=O) groups is 2. The SMILES string of the molecule is COC(=O)[C@@H]1[C@H](C(=O)OC)ON2O[C@@H](O[C@H]3CCCC[C@@H]3c3ccccc3)CC[C@@H]12. The molecule has 6 atom stereocenters. The van der Waals surface area contributed by atoms with E-state index >= 15 is 0 Å². The van der Waals surface area contributed by atoms with Crippen LogP contribution in [0.1, 0.15) is 50.0 Å². The lowest BCUT2D eigenvalue weighted by atomic mass is 9.81. The van der Waals surface area contributed by atoms with Gasteiger partial charge in [-0.2, -0.15) is 0 Å². The highest BCUT2D eigenvalue weighted by Crippen LogP contribution is 2.40. The Morgan fingerprint density at radius 3 is 2.40 bits per heavy atom. The molecule has 0 N–H and O–H groups in total. The lowest BCUT2D eigenvalue weighted by Gasteiger charge is -2.38. The van der Waals surface area contributed by atoms with E-state index in [2.05, 4.69) is 24.3 Å². The largest absolute Gasteiger partial charge is 0.469 e. The first-order chi connectivity index (χ1) is 14.6. The molecule has 1 saturated carbocycles. The van der Waals surface area contributed by atoms with Gasteiger partial charge in [0.2, 0.25) is 0 Å². The lowest BCUT2D eigenvalue weighted by Crippen LogP contribution is -2.46. The van der Waals surface area contributed by atoms with Crippen LogP contribution in [0, 0.1) is 5.92 Å². The van der Waals surface area contributed by atoms with Crippen molar-refractivity contribution in [3.05, 3.63) is 35.9 Å². The minimum atomic E-state index is -1.09. The van der Waals surface area contributed by atoms with Gasteiger partial charge in [0.25, 0.3) is 0 Å². The van der Waals surface area contributed by atoms with Crippen molar-refractivity contribution >= 4 is 11.9 Å². The molecular formula is C22H29NO7. The molecule has 0 spiro atoms. The monoisotopic (exact) mass is 419 g/mol. The van der Waals surface area contributed by atoms with Crippen LogP contribution in [0.2, 0.25) is 0 Å². The predicted molar refractivity (Wildman–Crippen MR) is 105 cm³/mol. The number of benzene rings is 1. The van der Waals surface area contributed by atoms with E-state index in [1.807, 2.05) is 6.07 Å². The van der Waals surface area contributed by atoms with Crippen molar-refractivity contribution in [2.24, 2.45) is 5.92 Å². The maximum atomic E-state index is 12.3. The Morgan fingerprint density at radius 2 is 1.67 bits per heavy atom. The van der Waals surface area contributed by atoms with Crippen LogP contribution in [0.4, 0.5) is 0 Å². The topological polar surface area (TPSA) is 83.5 Å². The van der Waals surface area contributed by atoms with Gasteiger partial charge in [0.1, 0.15) is 5.92 Å². The van der Waals surface area contributed by atoms with E-state index in [1.54, 1.807) is 0 Å². The van der Waals surface area contributed by atoms with E-state index in [0.29, 0.717) is 18.8 Å². The van der Waals surface area contributed by atoms with Crippen LogP contribution in [0.3, 0.4) is 0 Å². The molecule has 0 unspecified atom stereocenters. The van der Waals surface area contributed by atoms with Crippen molar-refractivity contribution in [3.8, 4) is 0 Å². The van der Waals surface area contributed by atoms with Crippen LogP contribution in [0.15, 0.2) is 30.3 Å². The molecule has 164 valence electrons. The highest BCUT2D eigenvalue weighted by Gasteiger charge is 2.55. The Labute approximate surface area is 176 Å². The van der Waals surface area contributed by atoms with Crippen molar-refractivity contribution in [1.82, 2.24) is 5.23 Å². The summed E-state index contributed by atoms with van der Waals surface area (Å²) in [6, 6.07) is 10.0. The van der Waals surface area contributed by atoms with Crippen molar-refractivity contribution in [3.63, 3.8) is 0 Å². The summed E-state index contributed by atoms with van der Waals surface area (Å²) in [6.07, 6.45) is 4.02. The molecule has 2 saturated heterocycles. The number of hydroxylamine groups is 2. The van der Waals surface area contributed by atoms with E-state index in [-0.39, 0.29) is 6.10 Å². The smallest absolute Gasteiger partial charge is 0.338 e. The molecule has 0 radical (unpaired) electrons. The number of nitrogens with zero attached hydrogens (tertiary/aromatic N) is 1. The fourth-order valence-electron chi connectivity index (χ4n) is 4.80. The third-order valence-electron chi connectivity index (χ3n) is 6.31. The number of carbonyl (C=O) groups excluding carboxylic acids is 2. The van der Waals surface area contributed by atoms with E-state index in [4.69, 9.17) is 23.9 Å². The normalized spacial score (nSPS) is 34.2. The summed E-state index contributed by atoms with van der Waals surface area (Å²) < 4.78 is 16.0. The van der Waals surface area contributed by atoms with E-state index in [1.165, 1.54) is 31.4 Å². The summed E-state index contributed by atoms with van der Waals surface area (Å²) in [7, 11) is 2.55. The number of hydrogen-bond donors (Lipinski definition) is 0. The minimum absolute atomic E-state index is 0.0538. The van der Waals surface area contributed by atoms with E-state index in [9.17, 15) is 9.59 Å². The highest BCUT2D eigenvalue weighted by atomic mass is 17.0. The zero-order chi connectivity index (χ0) is 21.1. The van der Waals surface area contributed by atoms with Crippen LogP contribution in [0.25, 0.3) is 0 Å². The van der Waals surface area contributed by atoms with Gasteiger partial charge in [-0.05, 0) is 24.8 Å². The molecule has 4 rings (SSSR count). The molecule has 30 heavy (non-hydrogen) atoms. The molecule has 2 heterocycles. The van der Waals surface area contributed by atoms with Crippen molar-refractivity contribution < 1.29 is 33.5 Å². The molecule has 1 aliphatic carbocycles. The molecule has 2 aliphatic heterocycles. The van der Waals surface area contributed by atoms with Crippen LogP contribution in [-0.4, -0.2) is 55.9 Å². The lowest BCUT2D eigenvalue weighted by molar-refractivity contribution is -0.438. The molecular weight excluding hydrogens is 390 g/mol. The first-order valence-corrected chi connectivity index (χ1v) is 10.6. The minimum Gasteiger partial charge on any atom is -0.469 e. The zero-order valence-corrected chi connectivity index (χ0v) is 17.4. The van der Waals surface area contributed by atoms with Gasteiger partial charge in [0.15, 0.2) is 12.4 Å². The molecule has 1 aromatic rings. The number of hydrogen-bond acceptors (Lipinski definition) is 8. The maximum absolute atomic E-state index is 12.3. The second-order valence-electron chi connectivity index (χ2n) is 8.04. The summed E-state index contributed by atoms with van der Waals surface area (Å²) >= 11 is 0. The molecule has 0 amide bonds. The summed E-state index contributed by atoms with van der Waals surface area (Å²) in [5, 5.41) is 1.25. The number of ether oxygens (including phenoxy) is 3. The fraction of sp³-hybridized carbons (Fsp3) is 0.636. The number of esters is 2. The van der Waals surface area contributed by atoms with Crippen LogP contribution < -0.4 is 0 Å². The van der Waals surface area contributed by atoms with Crippen molar-refractivity contribution in [1.29, 1.82) is 0 Å². The second-order valence-corrected chi connectivity index (χ2v) is 8.04. The van der Waals surface area contributed by atoms with Gasteiger partial charge in [0, 0.05) is 12.3 Å². The van der Waals surface area contributed by atoms with E-state index in [0.717, 1.165) is 19.3 Å². The summed E-state index contributed by atoms with van der Waals surface area (Å²) in [5.74, 6) is -1.61. The number of fused-ring (bicyclic) bond motifs is 1. The summed E-state index contributed by atoms with van der Waals surface area (Å²) in [4.78, 5) is 36.0. The van der Waals surface area contributed by atoms with Gasteiger partial charge < -0.3 is 14.2 Å². The molecule has 0 bridgehead atoms. The van der Waals surface area contributed by atoms with Gasteiger partial charge >= 0.3 is 11.9 Å². The van der Waals surface area contributed by atoms with Gasteiger partial charge in [-0.25, -0.2) is 9.63 Å². The average Bonchev–Trinajstić information content (AvgIpc) is 3.17. The number of methoxy groups -OCH3 is 2. The Bertz CT molecular complexity index is 742. The molecule has 8 nitrogen and oxygen atoms in total. The van der Waals surface area contributed by atoms with E-state index < -0.39 is 36.3 Å². The van der Waals surface area contributed by atoms with Crippen LogP contribution >= 0.6 is 0 Å². The van der Waals surface area contributed by atoms with Crippen molar-refractivity contribution in [2.45, 2.75) is 69.0 Å². The Morgan fingerprint density at radius 1 is 0.933 bits per heavy atom. The summed E-state index contributed by atoms with van der Waals surface area (Å²) in [6.45, 7) is 0.